The number of nitrogens with one attached hydrogen (secondary N) is 1. The Morgan fingerprint density at radius 1 is 1.12 bits per heavy atom. The van der Waals surface area contributed by atoms with Gasteiger partial charge in [-0.05, 0) is 18.2 Å². The molecule has 0 bridgehead atoms. The fourth-order valence-corrected chi connectivity index (χ4v) is 1.93. The molecule has 0 spiro atoms. The fraction of sp³-hybridized carbons (Fsp3) is 0.154. The summed E-state index contributed by atoms with van der Waals surface area (Å²) in [5, 5.41) is 3.43. The molecule has 0 radical (unpaired) electrons. The van der Waals surface area contributed by atoms with Crippen LogP contribution >= 0.6 is 0 Å². The van der Waals surface area contributed by atoms with Gasteiger partial charge in [-0.3, -0.25) is 4.98 Å². The third-order valence-corrected chi connectivity index (χ3v) is 2.72. The SMILES string of the molecule is c1ccc2c(c1)OCC2Nc1ccncc1. The molecule has 1 unspecified atom stereocenters. The lowest BCUT2D eigenvalue weighted by atomic mass is 10.1. The maximum atomic E-state index is 5.61. The van der Waals surface area contributed by atoms with E-state index in [1.165, 1.54) is 5.56 Å². The van der Waals surface area contributed by atoms with Crippen LogP contribution in [0.1, 0.15) is 11.6 Å². The number of ether oxygens (including phenoxy) is 1. The van der Waals surface area contributed by atoms with Gasteiger partial charge < -0.3 is 10.1 Å². The number of pyridine rings is 1. The molecule has 3 heteroatoms. The van der Waals surface area contributed by atoms with Crippen LogP contribution in [0.4, 0.5) is 5.69 Å². The Morgan fingerprint density at radius 2 is 1.94 bits per heavy atom. The number of anilines is 1. The Balaban J connectivity index is 1.84. The Kier molecular flexibility index (Phi) is 2.22. The van der Waals surface area contributed by atoms with E-state index in [-0.39, 0.29) is 6.04 Å². The average Bonchev–Trinajstić information content (AvgIpc) is 2.74. The van der Waals surface area contributed by atoms with Gasteiger partial charge in [0, 0.05) is 23.6 Å². The molecule has 0 fully saturated rings. The molecule has 1 N–H and O–H groups in total. The topological polar surface area (TPSA) is 34.1 Å². The summed E-state index contributed by atoms with van der Waals surface area (Å²) in [6.07, 6.45) is 3.56. The molecule has 80 valence electrons. The van der Waals surface area contributed by atoms with Crippen molar-refractivity contribution in [2.75, 3.05) is 11.9 Å². The summed E-state index contributed by atoms with van der Waals surface area (Å²) in [5.74, 6) is 0.981. The largest absolute Gasteiger partial charge is 0.491 e. The van der Waals surface area contributed by atoms with Crippen LogP contribution in [0, 0.1) is 0 Å². The highest BCUT2D eigenvalue weighted by atomic mass is 16.5. The summed E-state index contributed by atoms with van der Waals surface area (Å²) < 4.78 is 5.61. The summed E-state index contributed by atoms with van der Waals surface area (Å²) in [5.41, 5.74) is 2.29. The number of nitrogens with zero attached hydrogens (tertiary/aromatic N) is 1. The first kappa shape index (κ1) is 9.21. The number of para-hydroxylation sites is 1. The summed E-state index contributed by atoms with van der Waals surface area (Å²) in [6, 6.07) is 12.3. The highest BCUT2D eigenvalue weighted by Crippen LogP contribution is 2.33. The highest BCUT2D eigenvalue weighted by molar-refractivity contribution is 5.48. The Hall–Kier alpha value is -2.03. The zero-order chi connectivity index (χ0) is 10.8. The zero-order valence-electron chi connectivity index (χ0n) is 8.76. The van der Waals surface area contributed by atoms with Gasteiger partial charge in [-0.2, -0.15) is 0 Å². The van der Waals surface area contributed by atoms with Crippen molar-refractivity contribution in [1.82, 2.24) is 4.98 Å². The second kappa shape index (κ2) is 3.85. The summed E-state index contributed by atoms with van der Waals surface area (Å²) in [6.45, 7) is 0.682. The van der Waals surface area contributed by atoms with Crippen LogP contribution in [-0.4, -0.2) is 11.6 Å². The molecule has 0 amide bonds. The molecule has 2 aromatic rings. The number of hydrogen-bond donors (Lipinski definition) is 1. The van der Waals surface area contributed by atoms with Gasteiger partial charge in [0.1, 0.15) is 12.4 Å². The van der Waals surface area contributed by atoms with Crippen molar-refractivity contribution in [3.63, 3.8) is 0 Å². The van der Waals surface area contributed by atoms with Crippen LogP contribution in [-0.2, 0) is 0 Å². The predicted octanol–water partition coefficient (Wildman–Crippen LogP) is 2.63. The molecule has 1 aliphatic heterocycles. The van der Waals surface area contributed by atoms with E-state index in [2.05, 4.69) is 16.4 Å². The lowest BCUT2D eigenvalue weighted by Gasteiger charge is -2.12. The van der Waals surface area contributed by atoms with Crippen LogP contribution in [0.5, 0.6) is 5.75 Å². The van der Waals surface area contributed by atoms with Crippen LogP contribution in [0.2, 0.25) is 0 Å². The monoisotopic (exact) mass is 212 g/mol. The quantitative estimate of drug-likeness (QED) is 0.830. The predicted molar refractivity (Wildman–Crippen MR) is 62.5 cm³/mol. The van der Waals surface area contributed by atoms with E-state index in [0.29, 0.717) is 6.61 Å². The number of hydrogen-bond acceptors (Lipinski definition) is 3. The molecule has 0 saturated heterocycles. The molecule has 2 heterocycles. The van der Waals surface area contributed by atoms with Crippen LogP contribution < -0.4 is 10.1 Å². The average molecular weight is 212 g/mol. The van der Waals surface area contributed by atoms with Crippen molar-refractivity contribution in [2.45, 2.75) is 6.04 Å². The van der Waals surface area contributed by atoms with E-state index in [1.807, 2.05) is 30.3 Å². The minimum Gasteiger partial charge on any atom is -0.491 e. The first-order chi connectivity index (χ1) is 7.93. The van der Waals surface area contributed by atoms with Crippen molar-refractivity contribution < 1.29 is 4.74 Å². The third-order valence-electron chi connectivity index (χ3n) is 2.72. The van der Waals surface area contributed by atoms with Crippen molar-refractivity contribution in [2.24, 2.45) is 0 Å². The molecule has 0 aliphatic carbocycles. The van der Waals surface area contributed by atoms with Gasteiger partial charge in [-0.15, -0.1) is 0 Å². The first-order valence-electron chi connectivity index (χ1n) is 5.32. The lowest BCUT2D eigenvalue weighted by molar-refractivity contribution is 0.340. The second-order valence-corrected chi connectivity index (χ2v) is 3.78. The van der Waals surface area contributed by atoms with Crippen LogP contribution in [0.15, 0.2) is 48.8 Å². The van der Waals surface area contributed by atoms with E-state index in [0.717, 1.165) is 11.4 Å². The van der Waals surface area contributed by atoms with E-state index in [9.17, 15) is 0 Å². The van der Waals surface area contributed by atoms with Gasteiger partial charge in [0.05, 0.1) is 6.04 Å². The molecular formula is C13H12N2O. The van der Waals surface area contributed by atoms with Crippen molar-refractivity contribution in [1.29, 1.82) is 0 Å². The molecule has 0 saturated carbocycles. The maximum absolute atomic E-state index is 5.61. The Morgan fingerprint density at radius 3 is 2.81 bits per heavy atom. The number of fused-ring (bicyclic) bond motifs is 1. The van der Waals surface area contributed by atoms with Crippen molar-refractivity contribution in [3.8, 4) is 5.75 Å². The standard InChI is InChI=1S/C13H12N2O/c1-2-4-13-11(3-1)12(9-16-13)15-10-5-7-14-8-6-10/h1-8,12H,9H2,(H,14,15). The lowest BCUT2D eigenvalue weighted by Crippen LogP contribution is -2.11. The molecule has 1 atom stereocenters. The minimum atomic E-state index is 0.235. The molecule has 3 nitrogen and oxygen atoms in total. The molecular weight excluding hydrogens is 200 g/mol. The summed E-state index contributed by atoms with van der Waals surface area (Å²) >= 11 is 0. The van der Waals surface area contributed by atoms with E-state index in [1.54, 1.807) is 12.4 Å². The molecule has 1 aromatic heterocycles. The normalized spacial score (nSPS) is 17.6. The van der Waals surface area contributed by atoms with Crippen molar-refractivity contribution in [3.05, 3.63) is 54.4 Å². The van der Waals surface area contributed by atoms with Crippen LogP contribution in [0.3, 0.4) is 0 Å². The Bertz CT molecular complexity index is 484. The number of aromatic nitrogens is 1. The summed E-state index contributed by atoms with van der Waals surface area (Å²) in [7, 11) is 0. The smallest absolute Gasteiger partial charge is 0.124 e. The molecule has 1 aliphatic rings. The number of rotatable bonds is 2. The highest BCUT2D eigenvalue weighted by Gasteiger charge is 2.22. The summed E-state index contributed by atoms with van der Waals surface area (Å²) in [4.78, 5) is 3.99. The first-order valence-corrected chi connectivity index (χ1v) is 5.32. The van der Waals surface area contributed by atoms with Crippen molar-refractivity contribution >= 4 is 5.69 Å². The van der Waals surface area contributed by atoms with Crippen LogP contribution in [0.25, 0.3) is 0 Å². The molecule has 16 heavy (non-hydrogen) atoms. The van der Waals surface area contributed by atoms with Gasteiger partial charge in [-0.25, -0.2) is 0 Å². The molecule has 3 rings (SSSR count). The second-order valence-electron chi connectivity index (χ2n) is 3.78. The third kappa shape index (κ3) is 1.60. The minimum absolute atomic E-state index is 0.235. The van der Waals surface area contributed by atoms with Gasteiger partial charge in [0.25, 0.3) is 0 Å². The fourth-order valence-electron chi connectivity index (χ4n) is 1.93. The zero-order valence-corrected chi connectivity index (χ0v) is 8.76. The van der Waals surface area contributed by atoms with E-state index in [4.69, 9.17) is 4.74 Å². The van der Waals surface area contributed by atoms with Gasteiger partial charge in [-0.1, -0.05) is 18.2 Å². The van der Waals surface area contributed by atoms with Gasteiger partial charge in [0.2, 0.25) is 0 Å². The van der Waals surface area contributed by atoms with Gasteiger partial charge in [0.15, 0.2) is 0 Å². The molecule has 1 aromatic carbocycles. The Labute approximate surface area is 94.1 Å². The number of benzene rings is 1. The van der Waals surface area contributed by atoms with E-state index < -0.39 is 0 Å². The van der Waals surface area contributed by atoms with E-state index >= 15 is 0 Å². The van der Waals surface area contributed by atoms with Gasteiger partial charge >= 0.3 is 0 Å². The maximum Gasteiger partial charge on any atom is 0.124 e.